The number of nitrogens with zero attached hydrogens (tertiary/aromatic N) is 2. The molecule has 0 N–H and O–H groups in total. The third-order valence-corrected chi connectivity index (χ3v) is 6.54. The van der Waals surface area contributed by atoms with E-state index in [0.717, 1.165) is 42.7 Å². The van der Waals surface area contributed by atoms with Crippen LogP contribution >= 0.6 is 0 Å². The SMILES string of the molecule is COc1ccccc1CN(CC1CCCO1)C(=O)CC1c2ccccc2CCN1C(C)=O. The molecule has 1 fully saturated rings. The van der Waals surface area contributed by atoms with Crippen molar-refractivity contribution in [3.8, 4) is 5.75 Å². The molecule has 2 unspecified atom stereocenters. The third-order valence-electron chi connectivity index (χ3n) is 6.54. The first kappa shape index (κ1) is 22.3. The summed E-state index contributed by atoms with van der Waals surface area (Å²) in [6.07, 6.45) is 3.12. The molecule has 0 bridgehead atoms. The number of methoxy groups -OCH3 is 1. The van der Waals surface area contributed by atoms with E-state index in [0.29, 0.717) is 19.6 Å². The van der Waals surface area contributed by atoms with Crippen molar-refractivity contribution in [2.24, 2.45) is 0 Å². The molecular weight excluding hydrogens is 404 g/mol. The monoisotopic (exact) mass is 436 g/mol. The maximum Gasteiger partial charge on any atom is 0.225 e. The second-order valence-electron chi connectivity index (χ2n) is 8.60. The number of carbonyl (C=O) groups is 2. The number of ether oxygens (including phenoxy) is 2. The Kier molecular flexibility index (Phi) is 7.10. The number of hydrogen-bond donors (Lipinski definition) is 0. The summed E-state index contributed by atoms with van der Waals surface area (Å²) in [5.41, 5.74) is 3.27. The molecule has 2 amide bonds. The van der Waals surface area contributed by atoms with E-state index in [4.69, 9.17) is 9.47 Å². The molecule has 2 aromatic rings. The zero-order valence-electron chi connectivity index (χ0n) is 19.0. The second kappa shape index (κ2) is 10.2. The standard InChI is InChI=1S/C26H32N2O4/c1-19(29)28-14-13-20-8-3-5-11-23(20)24(28)16-26(30)27(18-22-10-7-15-32-22)17-21-9-4-6-12-25(21)31-2/h3-6,8-9,11-12,22,24H,7,10,13-18H2,1-2H3. The Morgan fingerprint density at radius 1 is 1.16 bits per heavy atom. The molecule has 32 heavy (non-hydrogen) atoms. The van der Waals surface area contributed by atoms with Gasteiger partial charge in [-0.15, -0.1) is 0 Å². The predicted molar refractivity (Wildman–Crippen MR) is 122 cm³/mol. The van der Waals surface area contributed by atoms with E-state index >= 15 is 0 Å². The molecule has 0 radical (unpaired) electrons. The Balaban J connectivity index is 1.59. The van der Waals surface area contributed by atoms with E-state index in [-0.39, 0.29) is 30.4 Å². The van der Waals surface area contributed by atoms with E-state index < -0.39 is 0 Å². The highest BCUT2D eigenvalue weighted by Crippen LogP contribution is 2.33. The normalized spacial score (nSPS) is 20.0. The number of hydrogen-bond acceptors (Lipinski definition) is 4. The van der Waals surface area contributed by atoms with Crippen molar-refractivity contribution in [1.29, 1.82) is 0 Å². The van der Waals surface area contributed by atoms with Gasteiger partial charge in [-0.25, -0.2) is 0 Å². The van der Waals surface area contributed by atoms with Crippen LogP contribution in [0.4, 0.5) is 0 Å². The number of para-hydroxylation sites is 1. The Hall–Kier alpha value is -2.86. The largest absolute Gasteiger partial charge is 0.496 e. The summed E-state index contributed by atoms with van der Waals surface area (Å²) < 4.78 is 11.4. The fourth-order valence-electron chi connectivity index (χ4n) is 4.87. The summed E-state index contributed by atoms with van der Waals surface area (Å²) in [5, 5.41) is 0. The van der Waals surface area contributed by atoms with Gasteiger partial charge in [0.15, 0.2) is 0 Å². The molecule has 0 aliphatic carbocycles. The van der Waals surface area contributed by atoms with Gasteiger partial charge >= 0.3 is 0 Å². The van der Waals surface area contributed by atoms with Crippen LogP contribution in [0, 0.1) is 0 Å². The summed E-state index contributed by atoms with van der Waals surface area (Å²) in [4.78, 5) is 29.8. The van der Waals surface area contributed by atoms with Crippen molar-refractivity contribution in [2.45, 2.75) is 51.3 Å². The lowest BCUT2D eigenvalue weighted by Gasteiger charge is -2.38. The van der Waals surface area contributed by atoms with Crippen LogP contribution in [0.5, 0.6) is 5.75 Å². The number of carbonyl (C=O) groups excluding carboxylic acids is 2. The van der Waals surface area contributed by atoms with Crippen LogP contribution < -0.4 is 4.74 Å². The topological polar surface area (TPSA) is 59.1 Å². The fraction of sp³-hybridized carbons (Fsp3) is 0.462. The van der Waals surface area contributed by atoms with E-state index in [2.05, 4.69) is 6.07 Å². The maximum atomic E-state index is 13.7. The quantitative estimate of drug-likeness (QED) is 0.664. The molecule has 2 heterocycles. The second-order valence-corrected chi connectivity index (χ2v) is 8.60. The first-order valence-corrected chi connectivity index (χ1v) is 11.4. The highest BCUT2D eigenvalue weighted by Gasteiger charge is 2.33. The molecule has 2 atom stereocenters. The molecule has 6 heteroatoms. The maximum absolute atomic E-state index is 13.7. The third kappa shape index (κ3) is 4.96. The molecule has 0 aromatic heterocycles. The van der Waals surface area contributed by atoms with Crippen molar-refractivity contribution in [3.05, 3.63) is 65.2 Å². The summed E-state index contributed by atoms with van der Waals surface area (Å²) in [7, 11) is 1.65. The zero-order chi connectivity index (χ0) is 22.5. The minimum Gasteiger partial charge on any atom is -0.496 e. The summed E-state index contributed by atoms with van der Waals surface area (Å²) >= 11 is 0. The first-order chi connectivity index (χ1) is 15.6. The summed E-state index contributed by atoms with van der Waals surface area (Å²) in [6.45, 7) is 3.98. The van der Waals surface area contributed by atoms with Crippen LogP contribution in [-0.2, 0) is 27.3 Å². The van der Waals surface area contributed by atoms with Crippen molar-refractivity contribution in [3.63, 3.8) is 0 Å². The van der Waals surface area contributed by atoms with Gasteiger partial charge in [0.1, 0.15) is 5.75 Å². The summed E-state index contributed by atoms with van der Waals surface area (Å²) in [5.74, 6) is 0.804. The number of fused-ring (bicyclic) bond motifs is 1. The predicted octanol–water partition coefficient (Wildman–Crippen LogP) is 3.74. The van der Waals surface area contributed by atoms with Crippen LogP contribution in [0.25, 0.3) is 0 Å². The zero-order valence-corrected chi connectivity index (χ0v) is 19.0. The van der Waals surface area contributed by atoms with Gasteiger partial charge in [-0.2, -0.15) is 0 Å². The van der Waals surface area contributed by atoms with Crippen LogP contribution in [0.2, 0.25) is 0 Å². The van der Waals surface area contributed by atoms with Gasteiger partial charge in [-0.05, 0) is 36.5 Å². The molecule has 170 valence electrons. The van der Waals surface area contributed by atoms with Gasteiger partial charge in [0.25, 0.3) is 0 Å². The Bertz CT molecular complexity index is 954. The van der Waals surface area contributed by atoms with E-state index in [1.807, 2.05) is 52.3 Å². The van der Waals surface area contributed by atoms with Gasteiger partial charge < -0.3 is 19.3 Å². The molecule has 2 aliphatic heterocycles. The van der Waals surface area contributed by atoms with Gasteiger partial charge in [0, 0.05) is 38.7 Å². The van der Waals surface area contributed by atoms with E-state index in [9.17, 15) is 9.59 Å². The Morgan fingerprint density at radius 2 is 1.94 bits per heavy atom. The highest BCUT2D eigenvalue weighted by atomic mass is 16.5. The van der Waals surface area contributed by atoms with Crippen molar-refractivity contribution in [2.75, 3.05) is 26.8 Å². The number of rotatable bonds is 7. The molecule has 0 spiro atoms. The Morgan fingerprint density at radius 3 is 2.69 bits per heavy atom. The molecule has 1 saturated heterocycles. The van der Waals surface area contributed by atoms with Crippen molar-refractivity contribution in [1.82, 2.24) is 9.80 Å². The lowest BCUT2D eigenvalue weighted by atomic mass is 9.90. The van der Waals surface area contributed by atoms with Gasteiger partial charge in [0.2, 0.25) is 11.8 Å². The van der Waals surface area contributed by atoms with Crippen LogP contribution in [0.15, 0.2) is 48.5 Å². The van der Waals surface area contributed by atoms with Gasteiger partial charge in [-0.1, -0.05) is 42.5 Å². The first-order valence-electron chi connectivity index (χ1n) is 11.4. The number of benzene rings is 2. The van der Waals surface area contributed by atoms with Gasteiger partial charge in [0.05, 0.1) is 25.7 Å². The molecule has 0 saturated carbocycles. The van der Waals surface area contributed by atoms with Crippen LogP contribution in [0.1, 0.15) is 48.9 Å². The molecule has 4 rings (SSSR count). The lowest BCUT2D eigenvalue weighted by Crippen LogP contribution is -2.43. The lowest BCUT2D eigenvalue weighted by molar-refractivity contribution is -0.138. The minimum atomic E-state index is -0.241. The van der Waals surface area contributed by atoms with E-state index in [1.165, 1.54) is 5.56 Å². The molecule has 6 nitrogen and oxygen atoms in total. The van der Waals surface area contributed by atoms with Crippen LogP contribution in [0.3, 0.4) is 0 Å². The fourth-order valence-corrected chi connectivity index (χ4v) is 4.87. The highest BCUT2D eigenvalue weighted by molar-refractivity contribution is 5.80. The summed E-state index contributed by atoms with van der Waals surface area (Å²) in [6, 6.07) is 15.7. The van der Waals surface area contributed by atoms with Gasteiger partial charge in [-0.3, -0.25) is 9.59 Å². The number of amides is 2. The van der Waals surface area contributed by atoms with Crippen molar-refractivity contribution >= 4 is 11.8 Å². The average molecular weight is 437 g/mol. The molecular formula is C26H32N2O4. The molecule has 2 aromatic carbocycles. The average Bonchev–Trinajstić information content (AvgIpc) is 3.32. The van der Waals surface area contributed by atoms with E-state index in [1.54, 1.807) is 14.0 Å². The smallest absolute Gasteiger partial charge is 0.225 e. The van der Waals surface area contributed by atoms with Crippen LogP contribution in [-0.4, -0.2) is 54.5 Å². The Labute approximate surface area is 190 Å². The molecule has 2 aliphatic rings. The minimum absolute atomic E-state index is 0.00714. The van der Waals surface area contributed by atoms with Crippen molar-refractivity contribution < 1.29 is 19.1 Å².